The van der Waals surface area contributed by atoms with Gasteiger partial charge in [-0.1, -0.05) is 37.6 Å². The molecule has 7 heteroatoms. The van der Waals surface area contributed by atoms with Crippen LogP contribution in [0.2, 0.25) is 5.02 Å². The van der Waals surface area contributed by atoms with Gasteiger partial charge in [0.05, 0.1) is 18.1 Å². The number of fused-ring (bicyclic) bond motifs is 1. The third kappa shape index (κ3) is 4.56. The van der Waals surface area contributed by atoms with Crippen LogP contribution >= 0.6 is 11.6 Å². The molecular weight excluding hydrogens is 378 g/mol. The highest BCUT2D eigenvalue weighted by molar-refractivity contribution is 6.31. The average Bonchev–Trinajstić information content (AvgIpc) is 2.84. The molecule has 1 aliphatic rings. The molecule has 0 aromatic heterocycles. The van der Waals surface area contributed by atoms with Crippen molar-refractivity contribution in [3.8, 4) is 5.75 Å². The van der Waals surface area contributed by atoms with Crippen LogP contribution in [0, 0.1) is 16.0 Å². The van der Waals surface area contributed by atoms with E-state index in [-0.39, 0.29) is 16.7 Å². The zero-order valence-electron chi connectivity index (χ0n) is 16.4. The number of methoxy groups -OCH3 is 1. The van der Waals surface area contributed by atoms with E-state index in [0.717, 1.165) is 29.8 Å². The topological polar surface area (TPSA) is 67.6 Å². The van der Waals surface area contributed by atoms with Crippen LogP contribution in [0.15, 0.2) is 36.4 Å². The molecule has 1 unspecified atom stereocenters. The number of benzene rings is 2. The van der Waals surface area contributed by atoms with Gasteiger partial charge < -0.3 is 10.1 Å². The van der Waals surface area contributed by atoms with E-state index in [0.29, 0.717) is 29.7 Å². The zero-order valence-corrected chi connectivity index (χ0v) is 17.2. The molecule has 2 aromatic carbocycles. The van der Waals surface area contributed by atoms with Gasteiger partial charge in [-0.25, -0.2) is 0 Å². The number of hydrogen-bond acceptors (Lipinski definition) is 5. The van der Waals surface area contributed by atoms with E-state index in [2.05, 4.69) is 36.2 Å². The monoisotopic (exact) mass is 403 g/mol. The molecule has 0 radical (unpaired) electrons. The summed E-state index contributed by atoms with van der Waals surface area (Å²) in [4.78, 5) is 13.5. The first kappa shape index (κ1) is 20.4. The highest BCUT2D eigenvalue weighted by Crippen LogP contribution is 2.38. The van der Waals surface area contributed by atoms with E-state index >= 15 is 0 Å². The molecule has 1 heterocycles. The number of hydrogen-bond donors (Lipinski definition) is 1. The highest BCUT2D eigenvalue weighted by atomic mass is 35.5. The van der Waals surface area contributed by atoms with Crippen molar-refractivity contribution in [3.63, 3.8) is 0 Å². The molecule has 0 fully saturated rings. The van der Waals surface area contributed by atoms with Gasteiger partial charge >= 0.3 is 0 Å². The van der Waals surface area contributed by atoms with E-state index in [4.69, 9.17) is 16.3 Å². The first-order valence-corrected chi connectivity index (χ1v) is 9.85. The second-order valence-corrected chi connectivity index (χ2v) is 7.98. The van der Waals surface area contributed by atoms with E-state index in [9.17, 15) is 10.1 Å². The van der Waals surface area contributed by atoms with Gasteiger partial charge in [-0.3, -0.25) is 15.0 Å². The van der Waals surface area contributed by atoms with Gasteiger partial charge in [0, 0.05) is 24.2 Å². The van der Waals surface area contributed by atoms with Crippen molar-refractivity contribution in [2.75, 3.05) is 25.5 Å². The van der Waals surface area contributed by atoms with E-state index in [1.807, 2.05) is 18.2 Å². The van der Waals surface area contributed by atoms with Crippen LogP contribution in [0.3, 0.4) is 0 Å². The summed E-state index contributed by atoms with van der Waals surface area (Å²) < 4.78 is 5.27. The Morgan fingerprint density at radius 3 is 2.64 bits per heavy atom. The standard InChI is InChI=1S/C21H26ClN3O3/c1-14(2)8-9-24-13-16-10-17(22)11-19(25(26)27)21(16)23-12-20(24)15-4-6-18(28-3)7-5-15/h4-7,10-11,14,20,23H,8-9,12-13H2,1-3H3. The molecule has 0 saturated carbocycles. The van der Waals surface area contributed by atoms with Crippen LogP contribution < -0.4 is 10.1 Å². The quantitative estimate of drug-likeness (QED) is 0.525. The van der Waals surface area contributed by atoms with Crippen molar-refractivity contribution in [1.82, 2.24) is 4.90 Å². The summed E-state index contributed by atoms with van der Waals surface area (Å²) >= 11 is 6.18. The van der Waals surface area contributed by atoms with Gasteiger partial charge in [0.2, 0.25) is 0 Å². The summed E-state index contributed by atoms with van der Waals surface area (Å²) in [6, 6.07) is 11.4. The number of ether oxygens (including phenoxy) is 1. The Balaban J connectivity index is 1.98. The minimum absolute atomic E-state index is 0.0293. The number of rotatable bonds is 6. The molecule has 0 saturated heterocycles. The second kappa shape index (κ2) is 8.80. The Bertz CT molecular complexity index is 840. The van der Waals surface area contributed by atoms with Crippen molar-refractivity contribution in [1.29, 1.82) is 0 Å². The molecule has 0 bridgehead atoms. The van der Waals surface area contributed by atoms with Crippen LogP contribution in [-0.4, -0.2) is 30.0 Å². The Kier molecular flexibility index (Phi) is 6.42. The SMILES string of the molecule is COc1ccc(C2CNc3c(cc(Cl)cc3[N+](=O)[O-])CN2CCC(C)C)cc1. The van der Waals surface area contributed by atoms with Gasteiger partial charge in [-0.05, 0) is 48.2 Å². The molecule has 150 valence electrons. The third-order valence-corrected chi connectivity index (χ3v) is 5.36. The number of nitrogens with one attached hydrogen (secondary N) is 1. The average molecular weight is 404 g/mol. The van der Waals surface area contributed by atoms with Crippen molar-refractivity contribution < 1.29 is 9.66 Å². The number of halogens is 1. The molecule has 1 aliphatic heterocycles. The van der Waals surface area contributed by atoms with Gasteiger partial charge in [0.25, 0.3) is 5.69 Å². The van der Waals surface area contributed by atoms with Gasteiger partial charge in [-0.2, -0.15) is 0 Å². The largest absolute Gasteiger partial charge is 0.497 e. The summed E-state index contributed by atoms with van der Waals surface area (Å²) in [6.07, 6.45) is 1.05. The number of anilines is 1. The molecule has 3 rings (SSSR count). The first-order chi connectivity index (χ1) is 13.4. The minimum Gasteiger partial charge on any atom is -0.497 e. The molecule has 1 atom stereocenters. The zero-order chi connectivity index (χ0) is 20.3. The minimum atomic E-state index is -0.371. The maximum absolute atomic E-state index is 11.5. The lowest BCUT2D eigenvalue weighted by Gasteiger charge is -2.30. The van der Waals surface area contributed by atoms with Crippen molar-refractivity contribution in [2.24, 2.45) is 5.92 Å². The fourth-order valence-corrected chi connectivity index (χ4v) is 3.83. The normalized spacial score (nSPS) is 17.0. The lowest BCUT2D eigenvalue weighted by Crippen LogP contribution is -2.32. The second-order valence-electron chi connectivity index (χ2n) is 7.54. The highest BCUT2D eigenvalue weighted by Gasteiger charge is 2.29. The molecule has 0 spiro atoms. The molecule has 1 N–H and O–H groups in total. The smallest absolute Gasteiger partial charge is 0.294 e. The summed E-state index contributed by atoms with van der Waals surface area (Å²) in [5.41, 5.74) is 2.61. The van der Waals surface area contributed by atoms with Crippen LogP contribution in [0.4, 0.5) is 11.4 Å². The van der Waals surface area contributed by atoms with Gasteiger partial charge in [-0.15, -0.1) is 0 Å². The van der Waals surface area contributed by atoms with Crippen molar-refractivity contribution in [3.05, 3.63) is 62.7 Å². The summed E-state index contributed by atoms with van der Waals surface area (Å²) in [7, 11) is 1.65. The van der Waals surface area contributed by atoms with Crippen LogP contribution in [0.5, 0.6) is 5.75 Å². The molecule has 0 aliphatic carbocycles. The first-order valence-electron chi connectivity index (χ1n) is 9.47. The molecule has 2 aromatic rings. The summed E-state index contributed by atoms with van der Waals surface area (Å²) in [6.45, 7) is 6.49. The molecule has 0 amide bonds. The van der Waals surface area contributed by atoms with E-state index in [1.165, 1.54) is 6.07 Å². The lowest BCUT2D eigenvalue weighted by atomic mass is 10.0. The Morgan fingerprint density at radius 2 is 2.04 bits per heavy atom. The Labute approximate surface area is 170 Å². The van der Waals surface area contributed by atoms with Crippen molar-refractivity contribution in [2.45, 2.75) is 32.9 Å². The number of nitro groups is 1. The maximum atomic E-state index is 11.5. The molecular formula is C21H26ClN3O3. The van der Waals surface area contributed by atoms with E-state index < -0.39 is 0 Å². The summed E-state index contributed by atoms with van der Waals surface area (Å²) in [5.74, 6) is 1.38. The fourth-order valence-electron chi connectivity index (χ4n) is 3.59. The fraction of sp³-hybridized carbons (Fsp3) is 0.429. The van der Waals surface area contributed by atoms with Crippen LogP contribution in [0.1, 0.15) is 37.4 Å². The van der Waals surface area contributed by atoms with E-state index in [1.54, 1.807) is 7.11 Å². The predicted octanol–water partition coefficient (Wildman–Crippen LogP) is 5.27. The maximum Gasteiger partial charge on any atom is 0.294 e. The molecule has 28 heavy (non-hydrogen) atoms. The Morgan fingerprint density at radius 1 is 1.32 bits per heavy atom. The third-order valence-electron chi connectivity index (χ3n) is 5.14. The van der Waals surface area contributed by atoms with Gasteiger partial charge in [0.15, 0.2) is 0 Å². The molecule has 6 nitrogen and oxygen atoms in total. The summed E-state index contributed by atoms with van der Waals surface area (Å²) in [5, 5.41) is 15.2. The Hall–Kier alpha value is -2.31. The predicted molar refractivity (Wildman–Crippen MR) is 112 cm³/mol. The van der Waals surface area contributed by atoms with Crippen molar-refractivity contribution >= 4 is 23.0 Å². The number of nitro benzene ring substituents is 1. The van der Waals surface area contributed by atoms with Crippen LogP contribution in [0.25, 0.3) is 0 Å². The number of nitrogens with zero attached hydrogens (tertiary/aromatic N) is 2. The van der Waals surface area contributed by atoms with Crippen LogP contribution in [-0.2, 0) is 6.54 Å². The van der Waals surface area contributed by atoms with Gasteiger partial charge in [0.1, 0.15) is 11.4 Å². The lowest BCUT2D eigenvalue weighted by molar-refractivity contribution is -0.384.